The van der Waals surface area contributed by atoms with Crippen molar-refractivity contribution in [2.24, 2.45) is 0 Å². The van der Waals surface area contributed by atoms with Gasteiger partial charge in [-0.3, -0.25) is 9.05 Å². The van der Waals surface area contributed by atoms with Gasteiger partial charge in [0.25, 0.3) is 0 Å². The molecule has 0 bridgehead atoms. The molecular weight excluding hydrogens is 261 g/mol. The van der Waals surface area contributed by atoms with Gasteiger partial charge in [0.15, 0.2) is 0 Å². The number of alkyl halides is 1. The second kappa shape index (κ2) is 7.75. The average molecular weight is 284 g/mol. The van der Waals surface area contributed by atoms with Gasteiger partial charge in [-0.05, 0) is 26.7 Å². The first-order valence-corrected chi connectivity index (χ1v) is 8.43. The highest BCUT2D eigenvalue weighted by atomic mass is 35.5. The van der Waals surface area contributed by atoms with Gasteiger partial charge >= 0.3 is 7.75 Å². The Morgan fingerprint density at radius 2 is 1.88 bits per heavy atom. The van der Waals surface area contributed by atoms with Crippen molar-refractivity contribution in [1.29, 1.82) is 0 Å². The molecule has 17 heavy (non-hydrogen) atoms. The van der Waals surface area contributed by atoms with E-state index >= 15 is 0 Å². The highest BCUT2D eigenvalue weighted by Crippen LogP contribution is 2.59. The Morgan fingerprint density at radius 3 is 2.41 bits per heavy atom. The maximum atomic E-state index is 12.3. The molecule has 1 saturated heterocycles. The van der Waals surface area contributed by atoms with Gasteiger partial charge in [-0.2, -0.15) is 0 Å². The predicted octanol–water partition coefficient (Wildman–Crippen LogP) is 3.65. The molecule has 0 saturated carbocycles. The van der Waals surface area contributed by atoms with Crippen molar-refractivity contribution in [3.8, 4) is 0 Å². The van der Waals surface area contributed by atoms with Crippen LogP contribution in [0.1, 0.15) is 39.5 Å². The minimum absolute atomic E-state index is 0.370. The molecule has 2 unspecified atom stereocenters. The van der Waals surface area contributed by atoms with Crippen molar-refractivity contribution in [3.05, 3.63) is 0 Å². The molecule has 1 aliphatic heterocycles. The SMILES string of the molecule is CCOP(=O)(OCC)N1CC1CCCCCCl. The highest BCUT2D eigenvalue weighted by Gasteiger charge is 2.48. The Labute approximate surface area is 109 Å². The molecule has 0 aliphatic carbocycles. The largest absolute Gasteiger partial charge is 0.408 e. The predicted molar refractivity (Wildman–Crippen MR) is 70.5 cm³/mol. The van der Waals surface area contributed by atoms with Crippen LogP contribution in [-0.4, -0.2) is 36.4 Å². The number of nitrogens with zero attached hydrogens (tertiary/aromatic N) is 1. The summed E-state index contributed by atoms with van der Waals surface area (Å²) in [7, 11) is -2.98. The van der Waals surface area contributed by atoms with Crippen LogP contribution in [0.25, 0.3) is 0 Å². The zero-order valence-corrected chi connectivity index (χ0v) is 12.4. The Kier molecular flexibility index (Phi) is 7.05. The van der Waals surface area contributed by atoms with Gasteiger partial charge in [0.2, 0.25) is 0 Å². The maximum absolute atomic E-state index is 12.3. The molecule has 0 aromatic carbocycles. The van der Waals surface area contributed by atoms with Crippen LogP contribution < -0.4 is 0 Å². The van der Waals surface area contributed by atoms with E-state index in [1.807, 2.05) is 18.5 Å². The van der Waals surface area contributed by atoms with Crippen molar-refractivity contribution in [2.45, 2.75) is 45.6 Å². The normalized spacial score (nSPS) is 23.9. The van der Waals surface area contributed by atoms with Crippen LogP contribution >= 0.6 is 19.3 Å². The molecule has 1 fully saturated rings. The topological polar surface area (TPSA) is 38.5 Å². The van der Waals surface area contributed by atoms with Gasteiger partial charge in [0.1, 0.15) is 0 Å². The third-order valence-corrected chi connectivity index (χ3v) is 5.31. The van der Waals surface area contributed by atoms with E-state index in [1.165, 1.54) is 0 Å². The summed E-state index contributed by atoms with van der Waals surface area (Å²) in [4.78, 5) is 0. The first-order valence-electron chi connectivity index (χ1n) is 6.40. The van der Waals surface area contributed by atoms with Gasteiger partial charge in [-0.25, -0.2) is 9.24 Å². The van der Waals surface area contributed by atoms with Crippen LogP contribution in [0.2, 0.25) is 0 Å². The van der Waals surface area contributed by atoms with Gasteiger partial charge in [0, 0.05) is 18.5 Å². The quantitative estimate of drug-likeness (QED) is 0.265. The van der Waals surface area contributed by atoms with Crippen LogP contribution in [0.3, 0.4) is 0 Å². The van der Waals surface area contributed by atoms with Crippen LogP contribution in [0.15, 0.2) is 0 Å². The molecule has 1 rings (SSSR count). The van der Waals surface area contributed by atoms with Gasteiger partial charge in [-0.15, -0.1) is 11.6 Å². The average Bonchev–Trinajstić information content (AvgIpc) is 3.05. The summed E-state index contributed by atoms with van der Waals surface area (Å²) in [5, 5.41) is 0. The minimum Gasteiger partial charge on any atom is -0.297 e. The summed E-state index contributed by atoms with van der Waals surface area (Å²) < 4.78 is 24.8. The first-order chi connectivity index (χ1) is 8.18. The first kappa shape index (κ1) is 15.5. The van der Waals surface area contributed by atoms with Gasteiger partial charge in [0.05, 0.1) is 13.2 Å². The Balaban J connectivity index is 2.29. The molecule has 0 amide bonds. The van der Waals surface area contributed by atoms with Gasteiger partial charge < -0.3 is 0 Å². The molecular formula is C11H23ClNO3P. The monoisotopic (exact) mass is 283 g/mol. The number of hydrogen-bond donors (Lipinski definition) is 0. The molecule has 6 heteroatoms. The Morgan fingerprint density at radius 1 is 1.24 bits per heavy atom. The van der Waals surface area contributed by atoms with E-state index in [-0.39, 0.29) is 0 Å². The smallest absolute Gasteiger partial charge is 0.297 e. The molecule has 1 heterocycles. The van der Waals surface area contributed by atoms with Crippen molar-refractivity contribution in [3.63, 3.8) is 0 Å². The summed E-state index contributed by atoms with van der Waals surface area (Å²) in [5.41, 5.74) is 0. The molecule has 0 N–H and O–H groups in total. The lowest BCUT2D eigenvalue weighted by Crippen LogP contribution is -2.06. The van der Waals surface area contributed by atoms with Crippen molar-refractivity contribution in [2.75, 3.05) is 25.6 Å². The zero-order valence-electron chi connectivity index (χ0n) is 10.7. The van der Waals surface area contributed by atoms with E-state index in [4.69, 9.17) is 20.6 Å². The van der Waals surface area contributed by atoms with Crippen molar-refractivity contribution < 1.29 is 13.6 Å². The van der Waals surface area contributed by atoms with E-state index in [1.54, 1.807) is 0 Å². The van der Waals surface area contributed by atoms with Crippen LogP contribution in [0, 0.1) is 0 Å². The second-order valence-electron chi connectivity index (χ2n) is 4.12. The summed E-state index contributed by atoms with van der Waals surface area (Å²) in [6.07, 6.45) is 4.39. The lowest BCUT2D eigenvalue weighted by atomic mass is 10.2. The summed E-state index contributed by atoms with van der Waals surface area (Å²) in [6, 6.07) is 0.370. The number of unbranched alkanes of at least 4 members (excludes halogenated alkanes) is 2. The number of rotatable bonds is 10. The molecule has 0 spiro atoms. The molecule has 2 atom stereocenters. The molecule has 0 radical (unpaired) electrons. The molecule has 0 aromatic heterocycles. The summed E-state index contributed by atoms with van der Waals surface area (Å²) in [6.45, 7) is 5.35. The fourth-order valence-electron chi connectivity index (χ4n) is 1.87. The lowest BCUT2D eigenvalue weighted by Gasteiger charge is -2.18. The molecule has 4 nitrogen and oxygen atoms in total. The van der Waals surface area contributed by atoms with E-state index < -0.39 is 7.75 Å². The standard InChI is InChI=1S/C11H23ClNO3P/c1-3-15-17(14,16-4-2)13-10-11(13)8-6-5-7-9-12/h11H,3-10H2,1-2H3. The third kappa shape index (κ3) is 4.88. The molecule has 102 valence electrons. The van der Waals surface area contributed by atoms with Crippen LogP contribution in [0.5, 0.6) is 0 Å². The number of halogens is 1. The van der Waals surface area contributed by atoms with Crippen LogP contribution in [-0.2, 0) is 13.6 Å². The van der Waals surface area contributed by atoms with E-state index in [0.29, 0.717) is 19.3 Å². The lowest BCUT2D eigenvalue weighted by molar-refractivity contribution is 0.194. The van der Waals surface area contributed by atoms with Gasteiger partial charge in [-0.1, -0.05) is 12.8 Å². The molecule has 1 aliphatic rings. The Bertz CT molecular complexity index is 255. The zero-order chi connectivity index (χ0) is 12.7. The maximum Gasteiger partial charge on any atom is 0.408 e. The fraction of sp³-hybridized carbons (Fsp3) is 1.00. The fourth-order valence-corrected chi connectivity index (χ4v) is 3.99. The second-order valence-corrected chi connectivity index (χ2v) is 6.46. The van der Waals surface area contributed by atoms with Crippen molar-refractivity contribution >= 4 is 19.3 Å². The van der Waals surface area contributed by atoms with Crippen molar-refractivity contribution in [1.82, 2.24) is 4.67 Å². The summed E-state index contributed by atoms with van der Waals surface area (Å²) in [5.74, 6) is 0.727. The van der Waals surface area contributed by atoms with E-state index in [2.05, 4.69) is 0 Å². The van der Waals surface area contributed by atoms with Crippen LogP contribution in [0.4, 0.5) is 0 Å². The summed E-state index contributed by atoms with van der Waals surface area (Å²) >= 11 is 5.62. The number of hydrogen-bond acceptors (Lipinski definition) is 3. The minimum atomic E-state index is -2.98. The third-order valence-electron chi connectivity index (χ3n) is 2.76. The molecule has 0 aromatic rings. The highest BCUT2D eigenvalue weighted by molar-refractivity contribution is 7.51. The van der Waals surface area contributed by atoms with E-state index in [0.717, 1.165) is 38.1 Å². The Hall–Kier alpha value is 0.400. The van der Waals surface area contributed by atoms with E-state index in [9.17, 15) is 4.57 Å².